The summed E-state index contributed by atoms with van der Waals surface area (Å²) in [6.07, 6.45) is 22.4. The van der Waals surface area contributed by atoms with Gasteiger partial charge in [0, 0.05) is 54.2 Å². The van der Waals surface area contributed by atoms with Gasteiger partial charge < -0.3 is 16.0 Å². The standard InChI is InChI=1S/C30H34N4.C2H2/c1-5-23(19-33-20-24-11-9-8-10-12-24)16-25(6-2)22(4)15-26(29(31)7-3)17-28-18-27-21-32-14-13-30(27)34-28;1-2/h5-16,18,21,33-34H,1,4,17,19-20,31H2,2-3H3;1-2H/b23-16+,25-6+,26-15-,29-7+;. The summed E-state index contributed by atoms with van der Waals surface area (Å²) in [5.74, 6) is 0. The van der Waals surface area contributed by atoms with Crippen LogP contribution in [0, 0.1) is 12.8 Å². The number of nitrogens with two attached hydrogens (primary N) is 1. The summed E-state index contributed by atoms with van der Waals surface area (Å²) < 4.78 is 0. The van der Waals surface area contributed by atoms with Crippen LogP contribution in [0.15, 0.2) is 126 Å². The van der Waals surface area contributed by atoms with E-state index in [4.69, 9.17) is 5.73 Å². The predicted octanol–water partition coefficient (Wildman–Crippen LogP) is 6.55. The van der Waals surface area contributed by atoms with Crippen LogP contribution in [-0.2, 0) is 13.0 Å². The molecule has 184 valence electrons. The maximum absolute atomic E-state index is 6.36. The normalized spacial score (nSPS) is 12.7. The van der Waals surface area contributed by atoms with E-state index < -0.39 is 0 Å². The lowest BCUT2D eigenvalue weighted by molar-refractivity contribution is 0.747. The van der Waals surface area contributed by atoms with Crippen molar-refractivity contribution in [1.29, 1.82) is 0 Å². The summed E-state index contributed by atoms with van der Waals surface area (Å²) in [4.78, 5) is 7.66. The summed E-state index contributed by atoms with van der Waals surface area (Å²) in [6.45, 7) is 13.8. The summed E-state index contributed by atoms with van der Waals surface area (Å²) in [6, 6.07) is 14.5. The van der Waals surface area contributed by atoms with E-state index in [2.05, 4.69) is 89.8 Å². The van der Waals surface area contributed by atoms with Crippen molar-refractivity contribution < 1.29 is 0 Å². The fourth-order valence-electron chi connectivity index (χ4n) is 3.74. The number of H-pyrrole nitrogens is 1. The number of fused-ring (bicyclic) bond motifs is 1. The molecular formula is C32H36N4. The molecule has 0 aliphatic carbocycles. The molecule has 4 nitrogen and oxygen atoms in total. The van der Waals surface area contributed by atoms with Crippen LogP contribution in [0.4, 0.5) is 0 Å². The minimum atomic E-state index is 0.678. The Morgan fingerprint density at radius 3 is 2.50 bits per heavy atom. The van der Waals surface area contributed by atoms with Crippen LogP contribution in [0.3, 0.4) is 0 Å². The number of rotatable bonds is 11. The molecule has 0 saturated carbocycles. The monoisotopic (exact) mass is 476 g/mol. The maximum Gasteiger partial charge on any atom is 0.0487 e. The number of aromatic nitrogens is 2. The van der Waals surface area contributed by atoms with E-state index in [9.17, 15) is 0 Å². The fraction of sp³-hybridized carbons (Fsp3) is 0.156. The molecule has 0 fully saturated rings. The van der Waals surface area contributed by atoms with Gasteiger partial charge in [0.15, 0.2) is 0 Å². The number of hydrogen-bond acceptors (Lipinski definition) is 3. The first-order valence-electron chi connectivity index (χ1n) is 11.8. The second-order valence-corrected chi connectivity index (χ2v) is 8.13. The van der Waals surface area contributed by atoms with Crippen LogP contribution in [0.5, 0.6) is 0 Å². The van der Waals surface area contributed by atoms with Gasteiger partial charge in [-0.3, -0.25) is 4.98 Å². The molecule has 0 aliphatic heterocycles. The van der Waals surface area contributed by atoms with Crippen LogP contribution >= 0.6 is 0 Å². The highest BCUT2D eigenvalue weighted by Crippen LogP contribution is 2.22. The average molecular weight is 477 g/mol. The van der Waals surface area contributed by atoms with Gasteiger partial charge in [0.05, 0.1) is 0 Å². The van der Waals surface area contributed by atoms with Crippen molar-refractivity contribution >= 4 is 10.9 Å². The van der Waals surface area contributed by atoms with Gasteiger partial charge in [-0.15, -0.1) is 12.8 Å². The second kappa shape index (κ2) is 14.8. The first-order valence-corrected chi connectivity index (χ1v) is 11.8. The van der Waals surface area contributed by atoms with Gasteiger partial charge in [-0.25, -0.2) is 0 Å². The van der Waals surface area contributed by atoms with E-state index in [0.29, 0.717) is 6.42 Å². The molecule has 0 amide bonds. The van der Waals surface area contributed by atoms with Crippen LogP contribution in [0.2, 0.25) is 0 Å². The minimum absolute atomic E-state index is 0.678. The zero-order valence-corrected chi connectivity index (χ0v) is 21.3. The van der Waals surface area contributed by atoms with Crippen molar-refractivity contribution in [3.8, 4) is 12.8 Å². The second-order valence-electron chi connectivity index (χ2n) is 8.13. The van der Waals surface area contributed by atoms with Gasteiger partial charge in [0.25, 0.3) is 0 Å². The highest BCUT2D eigenvalue weighted by molar-refractivity contribution is 5.79. The van der Waals surface area contributed by atoms with Gasteiger partial charge in [-0.2, -0.15) is 0 Å². The minimum Gasteiger partial charge on any atom is -0.399 e. The number of nitrogens with zero attached hydrogens (tertiary/aromatic N) is 1. The van der Waals surface area contributed by atoms with E-state index in [1.165, 1.54) is 5.56 Å². The number of hydrogen-bond donors (Lipinski definition) is 3. The number of terminal acetylenes is 1. The molecular weight excluding hydrogens is 440 g/mol. The first kappa shape index (κ1) is 27.9. The van der Waals surface area contributed by atoms with Crippen LogP contribution in [0.1, 0.15) is 25.1 Å². The Hall–Kier alpha value is -4.33. The Bertz CT molecular complexity index is 1260. The number of aromatic amines is 1. The van der Waals surface area contributed by atoms with Crippen molar-refractivity contribution in [2.45, 2.75) is 26.8 Å². The molecule has 0 atom stereocenters. The lowest BCUT2D eigenvalue weighted by atomic mass is 9.98. The van der Waals surface area contributed by atoms with Crippen molar-refractivity contribution in [3.05, 3.63) is 138 Å². The molecule has 0 bridgehead atoms. The number of benzene rings is 1. The van der Waals surface area contributed by atoms with Gasteiger partial charge in [-0.1, -0.05) is 67.8 Å². The van der Waals surface area contributed by atoms with Gasteiger partial charge in [0.1, 0.15) is 0 Å². The molecule has 0 unspecified atom stereocenters. The summed E-state index contributed by atoms with van der Waals surface area (Å²) in [5.41, 5.74) is 14.6. The smallest absolute Gasteiger partial charge is 0.0487 e. The van der Waals surface area contributed by atoms with Crippen molar-refractivity contribution in [3.63, 3.8) is 0 Å². The SMILES string of the molecule is C#C.C=C/C(=C\C(=C/C)C(=C)/C=C(Cc1cc2cnccc2[nH]1)\C(N)=C/C)CNCc1ccccc1. The Morgan fingerprint density at radius 2 is 1.86 bits per heavy atom. The molecule has 3 rings (SSSR count). The molecule has 0 spiro atoms. The maximum atomic E-state index is 6.36. The lowest BCUT2D eigenvalue weighted by Crippen LogP contribution is -2.16. The molecule has 0 aliphatic rings. The van der Waals surface area contributed by atoms with E-state index in [-0.39, 0.29) is 0 Å². The zero-order chi connectivity index (χ0) is 26.3. The third-order valence-electron chi connectivity index (χ3n) is 5.67. The molecule has 1 aromatic carbocycles. The molecule has 0 radical (unpaired) electrons. The van der Waals surface area contributed by atoms with Crippen LogP contribution < -0.4 is 11.1 Å². The fourth-order valence-corrected chi connectivity index (χ4v) is 3.74. The Kier molecular flexibility index (Phi) is 11.5. The highest BCUT2D eigenvalue weighted by Gasteiger charge is 2.08. The molecule has 2 aromatic heterocycles. The predicted molar refractivity (Wildman–Crippen MR) is 155 cm³/mol. The molecule has 4 heteroatoms. The van der Waals surface area contributed by atoms with E-state index in [0.717, 1.165) is 57.7 Å². The van der Waals surface area contributed by atoms with Gasteiger partial charge in [0.2, 0.25) is 0 Å². The van der Waals surface area contributed by atoms with Crippen molar-refractivity contribution in [2.24, 2.45) is 5.73 Å². The molecule has 0 saturated heterocycles. The van der Waals surface area contributed by atoms with Crippen LogP contribution in [-0.4, -0.2) is 16.5 Å². The number of pyridine rings is 1. The summed E-state index contributed by atoms with van der Waals surface area (Å²) in [5, 5.41) is 4.57. The van der Waals surface area contributed by atoms with Gasteiger partial charge >= 0.3 is 0 Å². The third-order valence-corrected chi connectivity index (χ3v) is 5.67. The van der Waals surface area contributed by atoms with Crippen molar-refractivity contribution in [1.82, 2.24) is 15.3 Å². The number of nitrogens with one attached hydrogen (secondary N) is 2. The Labute approximate surface area is 215 Å². The largest absolute Gasteiger partial charge is 0.399 e. The van der Waals surface area contributed by atoms with Crippen molar-refractivity contribution in [2.75, 3.05) is 6.54 Å². The zero-order valence-electron chi connectivity index (χ0n) is 21.3. The summed E-state index contributed by atoms with van der Waals surface area (Å²) >= 11 is 0. The van der Waals surface area contributed by atoms with E-state index in [1.807, 2.05) is 44.3 Å². The summed E-state index contributed by atoms with van der Waals surface area (Å²) in [7, 11) is 0. The van der Waals surface area contributed by atoms with E-state index in [1.54, 1.807) is 6.20 Å². The first-order chi connectivity index (χ1) is 17.5. The average Bonchev–Trinajstić information content (AvgIpc) is 3.34. The molecule has 3 aromatic rings. The van der Waals surface area contributed by atoms with Gasteiger partial charge in [-0.05, 0) is 59.9 Å². The lowest BCUT2D eigenvalue weighted by Gasteiger charge is -2.11. The Balaban J connectivity index is 0.00000222. The Morgan fingerprint density at radius 1 is 1.11 bits per heavy atom. The molecule has 36 heavy (non-hydrogen) atoms. The van der Waals surface area contributed by atoms with E-state index >= 15 is 0 Å². The topological polar surface area (TPSA) is 66.7 Å². The molecule has 2 heterocycles. The van der Waals surface area contributed by atoms with Crippen LogP contribution in [0.25, 0.3) is 10.9 Å². The third kappa shape index (κ3) is 8.16. The molecule has 4 N–H and O–H groups in total. The number of allylic oxidation sites excluding steroid dienone is 7. The quantitative estimate of drug-likeness (QED) is 0.217. The highest BCUT2D eigenvalue weighted by atomic mass is 14.8.